The van der Waals surface area contributed by atoms with Crippen molar-refractivity contribution in [3.8, 4) is 11.3 Å². The van der Waals surface area contributed by atoms with Gasteiger partial charge in [0.15, 0.2) is 0 Å². The number of rotatable bonds is 6. The molecule has 0 aliphatic heterocycles. The summed E-state index contributed by atoms with van der Waals surface area (Å²) in [5.41, 5.74) is 3.89. The van der Waals surface area contributed by atoms with Gasteiger partial charge in [-0.05, 0) is 18.9 Å². The van der Waals surface area contributed by atoms with Crippen molar-refractivity contribution in [1.29, 1.82) is 5.41 Å². The van der Waals surface area contributed by atoms with E-state index in [1.54, 1.807) is 24.0 Å². The molecule has 1 aliphatic rings. The van der Waals surface area contributed by atoms with E-state index in [9.17, 15) is 5.11 Å². The predicted octanol–water partition coefficient (Wildman–Crippen LogP) is 2.14. The Hall–Kier alpha value is -3.00. The number of allylic oxidation sites excluding steroid dienone is 1. The van der Waals surface area contributed by atoms with Crippen LogP contribution >= 0.6 is 0 Å². The predicted molar refractivity (Wildman–Crippen MR) is 103 cm³/mol. The molecule has 1 saturated carbocycles. The van der Waals surface area contributed by atoms with Gasteiger partial charge in [0.1, 0.15) is 0 Å². The molecule has 27 heavy (non-hydrogen) atoms. The zero-order valence-corrected chi connectivity index (χ0v) is 15.2. The van der Waals surface area contributed by atoms with Gasteiger partial charge in [-0.25, -0.2) is 9.50 Å². The molecule has 3 N–H and O–H groups in total. The zero-order chi connectivity index (χ0) is 18.8. The van der Waals surface area contributed by atoms with Crippen LogP contribution in [0.15, 0.2) is 37.1 Å². The van der Waals surface area contributed by atoms with E-state index in [2.05, 4.69) is 15.5 Å². The lowest BCUT2D eigenvalue weighted by Crippen LogP contribution is -2.17. The van der Waals surface area contributed by atoms with E-state index >= 15 is 0 Å². The first kappa shape index (κ1) is 17.4. The molecule has 0 spiro atoms. The standard InChI is InChI=1S/C19H23N7O/c1-21-8-14(7-20)16-11-26-18(5-6-22-26)19(24-16)15-9-23-25(10-15)17-4-2-3-13(17)12-27/h5-11,13,17,20-21,27H,2-4,12H2,1H3/b14-8+,20-7?. The molecule has 0 saturated heterocycles. The van der Waals surface area contributed by atoms with E-state index in [4.69, 9.17) is 10.4 Å². The Balaban J connectivity index is 1.78. The van der Waals surface area contributed by atoms with Crippen LogP contribution in [0.1, 0.15) is 31.0 Å². The van der Waals surface area contributed by atoms with Gasteiger partial charge in [-0.1, -0.05) is 6.42 Å². The molecule has 3 heterocycles. The molecule has 4 rings (SSSR count). The number of hydrogen-bond donors (Lipinski definition) is 3. The van der Waals surface area contributed by atoms with Gasteiger partial charge in [0.2, 0.25) is 0 Å². The van der Waals surface area contributed by atoms with Crippen LogP contribution in [-0.4, -0.2) is 49.4 Å². The van der Waals surface area contributed by atoms with Gasteiger partial charge < -0.3 is 15.8 Å². The molecule has 0 radical (unpaired) electrons. The maximum Gasteiger partial charge on any atom is 0.0999 e. The van der Waals surface area contributed by atoms with Gasteiger partial charge in [0.25, 0.3) is 0 Å². The molecule has 0 aromatic carbocycles. The average molecular weight is 365 g/mol. The summed E-state index contributed by atoms with van der Waals surface area (Å²) in [7, 11) is 1.79. The highest BCUT2D eigenvalue weighted by Crippen LogP contribution is 2.36. The van der Waals surface area contributed by atoms with E-state index in [0.29, 0.717) is 11.3 Å². The smallest absolute Gasteiger partial charge is 0.0999 e. The molecular formula is C19H23N7O. The topological polar surface area (TPSA) is 104 Å². The van der Waals surface area contributed by atoms with Gasteiger partial charge in [0, 0.05) is 49.3 Å². The summed E-state index contributed by atoms with van der Waals surface area (Å²) in [6.45, 7) is 0.192. The lowest BCUT2D eigenvalue weighted by Gasteiger charge is -2.17. The lowest BCUT2D eigenvalue weighted by molar-refractivity contribution is 0.190. The maximum absolute atomic E-state index is 9.61. The van der Waals surface area contributed by atoms with Crippen LogP contribution in [0.2, 0.25) is 0 Å². The molecule has 0 bridgehead atoms. The third-order valence-electron chi connectivity index (χ3n) is 5.21. The first-order valence-corrected chi connectivity index (χ1v) is 9.13. The molecule has 8 nitrogen and oxygen atoms in total. The van der Waals surface area contributed by atoms with Crippen LogP contribution in [0.5, 0.6) is 0 Å². The highest BCUT2D eigenvalue weighted by molar-refractivity contribution is 6.07. The maximum atomic E-state index is 9.61. The van der Waals surface area contributed by atoms with E-state index in [1.807, 2.05) is 29.3 Å². The second-order valence-electron chi connectivity index (χ2n) is 6.82. The second kappa shape index (κ2) is 7.32. The molecule has 3 aromatic rings. The van der Waals surface area contributed by atoms with Crippen LogP contribution in [0.3, 0.4) is 0 Å². The van der Waals surface area contributed by atoms with Crippen LogP contribution < -0.4 is 5.32 Å². The molecular weight excluding hydrogens is 342 g/mol. The normalized spacial score (nSPS) is 20.3. The molecule has 3 aromatic heterocycles. The van der Waals surface area contributed by atoms with Gasteiger partial charge in [-0.2, -0.15) is 10.2 Å². The van der Waals surface area contributed by atoms with E-state index in [0.717, 1.165) is 36.0 Å². The van der Waals surface area contributed by atoms with E-state index in [1.165, 1.54) is 6.21 Å². The van der Waals surface area contributed by atoms with Crippen molar-refractivity contribution in [2.24, 2.45) is 5.92 Å². The van der Waals surface area contributed by atoms with Crippen LogP contribution in [0, 0.1) is 11.3 Å². The van der Waals surface area contributed by atoms with Crippen LogP contribution in [0.4, 0.5) is 0 Å². The fourth-order valence-electron chi connectivity index (χ4n) is 3.84. The van der Waals surface area contributed by atoms with Crippen molar-refractivity contribution in [3.63, 3.8) is 0 Å². The fraction of sp³-hybridized carbons (Fsp3) is 0.368. The summed E-state index contributed by atoms with van der Waals surface area (Å²) in [6.07, 6.45) is 13.6. The van der Waals surface area contributed by atoms with Gasteiger partial charge in [-0.3, -0.25) is 4.68 Å². The summed E-state index contributed by atoms with van der Waals surface area (Å²) in [6, 6.07) is 2.15. The van der Waals surface area contributed by atoms with E-state index in [-0.39, 0.29) is 18.6 Å². The number of nitrogens with one attached hydrogen (secondary N) is 2. The third-order valence-corrected chi connectivity index (χ3v) is 5.21. The Labute approximate surface area is 157 Å². The molecule has 2 atom stereocenters. The Morgan fingerprint density at radius 1 is 1.37 bits per heavy atom. The molecule has 140 valence electrons. The number of nitrogens with zero attached hydrogens (tertiary/aromatic N) is 5. The van der Waals surface area contributed by atoms with Gasteiger partial charge in [-0.15, -0.1) is 0 Å². The van der Waals surface area contributed by atoms with Crippen molar-refractivity contribution >= 4 is 17.3 Å². The molecule has 0 amide bonds. The Bertz CT molecular complexity index is 987. The summed E-state index contributed by atoms with van der Waals surface area (Å²) in [5, 5.41) is 29.1. The monoisotopic (exact) mass is 365 g/mol. The van der Waals surface area contributed by atoms with Crippen molar-refractivity contribution in [2.45, 2.75) is 25.3 Å². The lowest BCUT2D eigenvalue weighted by atomic mass is 10.1. The van der Waals surface area contributed by atoms with Crippen molar-refractivity contribution < 1.29 is 5.11 Å². The number of aliphatic hydroxyl groups is 1. The van der Waals surface area contributed by atoms with Crippen molar-refractivity contribution in [1.82, 2.24) is 29.7 Å². The molecule has 1 fully saturated rings. The average Bonchev–Trinajstić information content (AvgIpc) is 3.44. The minimum atomic E-state index is 0.192. The third kappa shape index (κ3) is 3.12. The quantitative estimate of drug-likeness (QED) is 0.581. The number of fused-ring (bicyclic) bond motifs is 1. The summed E-state index contributed by atoms with van der Waals surface area (Å²) in [5.74, 6) is 0.259. The van der Waals surface area contributed by atoms with Crippen LogP contribution in [0.25, 0.3) is 22.3 Å². The van der Waals surface area contributed by atoms with E-state index < -0.39 is 0 Å². The Morgan fingerprint density at radius 3 is 3.04 bits per heavy atom. The first-order valence-electron chi connectivity index (χ1n) is 9.13. The van der Waals surface area contributed by atoms with Crippen molar-refractivity contribution in [3.05, 3.63) is 42.7 Å². The molecule has 8 heteroatoms. The number of aliphatic hydroxyl groups excluding tert-OH is 1. The second-order valence-corrected chi connectivity index (χ2v) is 6.82. The number of aromatic nitrogens is 5. The van der Waals surface area contributed by atoms with Crippen LogP contribution in [-0.2, 0) is 0 Å². The Morgan fingerprint density at radius 2 is 2.26 bits per heavy atom. The SMILES string of the molecule is CN/C=C(\C=N)c1cn2nccc2c(-c2cnn(C3CCCC3CO)c2)n1. The van der Waals surface area contributed by atoms with Crippen molar-refractivity contribution in [2.75, 3.05) is 13.7 Å². The molecule has 1 aliphatic carbocycles. The summed E-state index contributed by atoms with van der Waals surface area (Å²) in [4.78, 5) is 4.79. The summed E-state index contributed by atoms with van der Waals surface area (Å²) >= 11 is 0. The number of hydrogen-bond acceptors (Lipinski definition) is 6. The largest absolute Gasteiger partial charge is 0.396 e. The molecule has 2 unspecified atom stereocenters. The Kier molecular flexibility index (Phi) is 4.72. The first-order chi connectivity index (χ1) is 13.2. The summed E-state index contributed by atoms with van der Waals surface area (Å²) < 4.78 is 3.74. The van der Waals surface area contributed by atoms with Gasteiger partial charge in [0.05, 0.1) is 41.5 Å². The minimum Gasteiger partial charge on any atom is -0.396 e. The fourth-order valence-corrected chi connectivity index (χ4v) is 3.84. The minimum absolute atomic E-state index is 0.192. The highest BCUT2D eigenvalue weighted by Gasteiger charge is 2.29. The zero-order valence-electron chi connectivity index (χ0n) is 15.2. The highest BCUT2D eigenvalue weighted by atomic mass is 16.3. The van der Waals surface area contributed by atoms with Gasteiger partial charge >= 0.3 is 0 Å².